The number of carboxylic acid groups (broad SMARTS) is 6. The minimum Gasteiger partial charge on any atom is -0.480 e. The van der Waals surface area contributed by atoms with Gasteiger partial charge in [0.05, 0.1) is 0 Å². The Morgan fingerprint density at radius 2 is 0.294 bits per heavy atom. The molecule has 12 N–H and O–H groups in total. The molecule has 24 heteroatoms. The number of amides is 6. The van der Waals surface area contributed by atoms with Crippen molar-refractivity contribution in [3.8, 4) is 66.8 Å². The van der Waals surface area contributed by atoms with Crippen LogP contribution >= 0.6 is 0 Å². The van der Waals surface area contributed by atoms with E-state index in [9.17, 15) is 88.2 Å². The lowest BCUT2D eigenvalue weighted by molar-refractivity contribution is -0.141. The predicted octanol–water partition coefficient (Wildman–Crippen LogP) is 10.7. The summed E-state index contributed by atoms with van der Waals surface area (Å²) in [6, 6.07) is 29.0. The van der Waals surface area contributed by atoms with Gasteiger partial charge in [0, 0.05) is 33.4 Å². The number of hydrogen-bond acceptors (Lipinski definition) is 12. The van der Waals surface area contributed by atoms with E-state index in [4.69, 9.17) is 0 Å². The van der Waals surface area contributed by atoms with Crippen LogP contribution < -0.4 is 31.9 Å². The zero-order chi connectivity index (χ0) is 75.5. The van der Waals surface area contributed by atoms with E-state index in [1.807, 2.05) is 0 Å². The molecular formula is C78H84N6O18. The molecule has 0 radical (unpaired) electrons. The van der Waals surface area contributed by atoms with E-state index < -0.39 is 143 Å². The SMILES string of the molecule is CC(C)[C@H](NC(=O)c1ccc(-c2c(-c3ccc(C(=O)N[C@H](C(=O)O)C(C)C)cc3)c(-c3ccc(C(=O)N[C@H](C(=O)O)C(C)C)cc3)c(-c3ccc(C(=O)N[C@H](C(=O)O)C(C)C)cc3)c(-c3ccc(C(=O)N[C@H](C(=O)O)C(C)C)cc3)c2-c2ccc(C(=O)N[C@H](C(=O)O)C(C)C)cc2)cc1)C(=O)O. The maximum atomic E-state index is 14.1. The molecule has 0 spiro atoms. The minimum atomic E-state index is -1.30. The lowest BCUT2D eigenvalue weighted by atomic mass is 9.74. The highest BCUT2D eigenvalue weighted by atomic mass is 16.4. The van der Waals surface area contributed by atoms with Gasteiger partial charge in [0.15, 0.2) is 0 Å². The van der Waals surface area contributed by atoms with Crippen molar-refractivity contribution < 1.29 is 88.2 Å². The summed E-state index contributed by atoms with van der Waals surface area (Å²) in [4.78, 5) is 159. The summed E-state index contributed by atoms with van der Waals surface area (Å²) in [5, 5.41) is 76.3. The normalized spacial score (nSPS) is 13.1. The third-order valence-corrected chi connectivity index (χ3v) is 17.4. The molecule has 0 aromatic heterocycles. The fourth-order valence-corrected chi connectivity index (χ4v) is 11.6. The Hall–Kier alpha value is -11.8. The lowest BCUT2D eigenvalue weighted by Crippen LogP contribution is -2.44. The first-order valence-corrected chi connectivity index (χ1v) is 33.1. The van der Waals surface area contributed by atoms with E-state index in [0.717, 1.165) is 0 Å². The Labute approximate surface area is 589 Å². The fourth-order valence-electron chi connectivity index (χ4n) is 11.6. The molecule has 0 aliphatic carbocycles. The van der Waals surface area contributed by atoms with E-state index in [2.05, 4.69) is 31.9 Å². The molecule has 0 aliphatic heterocycles. The predicted molar refractivity (Wildman–Crippen MR) is 381 cm³/mol. The summed E-state index contributed by atoms with van der Waals surface area (Å²) in [6.45, 7) is 19.5. The topological polar surface area (TPSA) is 398 Å². The third kappa shape index (κ3) is 18.1. The van der Waals surface area contributed by atoms with Crippen molar-refractivity contribution in [1.29, 1.82) is 0 Å². The first-order chi connectivity index (χ1) is 48.0. The maximum absolute atomic E-state index is 14.1. The highest BCUT2D eigenvalue weighted by molar-refractivity contribution is 6.16. The summed E-state index contributed by atoms with van der Waals surface area (Å²) < 4.78 is 0. The van der Waals surface area contributed by atoms with E-state index in [1.54, 1.807) is 156 Å². The second-order valence-electron chi connectivity index (χ2n) is 26.9. The molecule has 7 aromatic rings. The molecule has 0 aliphatic rings. The van der Waals surface area contributed by atoms with Crippen molar-refractivity contribution in [2.75, 3.05) is 0 Å². The Morgan fingerprint density at radius 3 is 0.373 bits per heavy atom. The highest BCUT2D eigenvalue weighted by Gasteiger charge is 2.34. The lowest BCUT2D eigenvalue weighted by Gasteiger charge is -2.29. The van der Waals surface area contributed by atoms with Gasteiger partial charge in [-0.3, -0.25) is 28.8 Å². The van der Waals surface area contributed by atoms with Crippen molar-refractivity contribution >= 4 is 71.3 Å². The summed E-state index contributed by atoms with van der Waals surface area (Å²) in [6.07, 6.45) is 0. The average molecular weight is 1390 g/mol. The Balaban J connectivity index is 1.75. The van der Waals surface area contributed by atoms with Crippen molar-refractivity contribution in [3.63, 3.8) is 0 Å². The number of nitrogens with one attached hydrogen (secondary N) is 6. The number of hydrogen-bond donors (Lipinski definition) is 12. The van der Waals surface area contributed by atoms with Crippen molar-refractivity contribution in [2.45, 2.75) is 119 Å². The van der Waals surface area contributed by atoms with E-state index >= 15 is 0 Å². The second-order valence-corrected chi connectivity index (χ2v) is 26.9. The van der Waals surface area contributed by atoms with Crippen LogP contribution in [0.15, 0.2) is 146 Å². The maximum Gasteiger partial charge on any atom is 0.326 e. The molecular weight excluding hydrogens is 1310 g/mol. The van der Waals surface area contributed by atoms with Gasteiger partial charge in [0.1, 0.15) is 36.3 Å². The molecule has 0 saturated heterocycles. The number of carboxylic acids is 6. The third-order valence-electron chi connectivity index (χ3n) is 17.4. The van der Waals surface area contributed by atoms with Gasteiger partial charge in [0.25, 0.3) is 35.4 Å². The van der Waals surface area contributed by atoms with Crippen LogP contribution in [0.3, 0.4) is 0 Å². The Bertz CT molecular complexity index is 3600. The number of aliphatic carboxylic acids is 6. The van der Waals surface area contributed by atoms with Crippen molar-refractivity contribution in [2.24, 2.45) is 35.5 Å². The smallest absolute Gasteiger partial charge is 0.326 e. The molecule has 7 aromatic carbocycles. The molecule has 0 fully saturated rings. The zero-order valence-corrected chi connectivity index (χ0v) is 58.4. The Morgan fingerprint density at radius 1 is 0.196 bits per heavy atom. The van der Waals surface area contributed by atoms with Gasteiger partial charge in [-0.25, -0.2) is 28.8 Å². The minimum absolute atomic E-state index is 0.0267. The van der Waals surface area contributed by atoms with Crippen molar-refractivity contribution in [3.05, 3.63) is 179 Å². The van der Waals surface area contributed by atoms with Gasteiger partial charge in [-0.1, -0.05) is 156 Å². The summed E-state index contributed by atoms with van der Waals surface area (Å²) in [7, 11) is 0. The molecule has 0 saturated carbocycles. The molecule has 7 rings (SSSR count). The van der Waals surface area contributed by atoms with Gasteiger partial charge in [-0.05, 0) is 175 Å². The van der Waals surface area contributed by atoms with Gasteiger partial charge >= 0.3 is 35.8 Å². The fraction of sp³-hybridized carbons (Fsp3) is 0.308. The molecule has 24 nitrogen and oxygen atoms in total. The molecule has 6 atom stereocenters. The molecule has 6 amide bonds. The second kappa shape index (κ2) is 33.4. The van der Waals surface area contributed by atoms with E-state index in [-0.39, 0.29) is 33.4 Å². The van der Waals surface area contributed by atoms with Gasteiger partial charge in [-0.15, -0.1) is 0 Å². The number of benzene rings is 7. The van der Waals surface area contributed by atoms with Crippen LogP contribution in [-0.4, -0.2) is 138 Å². The van der Waals surface area contributed by atoms with Gasteiger partial charge in [-0.2, -0.15) is 0 Å². The number of carbonyl (C=O) groups is 12. The molecule has 0 bridgehead atoms. The van der Waals surface area contributed by atoms with Crippen LogP contribution in [0.5, 0.6) is 0 Å². The van der Waals surface area contributed by atoms with Crippen LogP contribution in [0.1, 0.15) is 145 Å². The largest absolute Gasteiger partial charge is 0.480 e. The summed E-state index contributed by atoms with van der Waals surface area (Å²) >= 11 is 0. The molecule has 534 valence electrons. The van der Waals surface area contributed by atoms with E-state index in [0.29, 0.717) is 66.8 Å². The van der Waals surface area contributed by atoms with Crippen LogP contribution in [0, 0.1) is 35.5 Å². The van der Waals surface area contributed by atoms with Crippen molar-refractivity contribution in [1.82, 2.24) is 31.9 Å². The summed E-state index contributed by atoms with van der Waals surface area (Å²) in [5.41, 5.74) is 4.14. The molecule has 0 heterocycles. The number of carbonyl (C=O) groups excluding carboxylic acids is 6. The van der Waals surface area contributed by atoms with Gasteiger partial charge < -0.3 is 62.5 Å². The monoisotopic (exact) mass is 1390 g/mol. The van der Waals surface area contributed by atoms with Crippen LogP contribution in [0.25, 0.3) is 66.8 Å². The summed E-state index contributed by atoms with van der Waals surface area (Å²) in [5.74, 6) is -15.4. The van der Waals surface area contributed by atoms with Crippen LogP contribution in [-0.2, 0) is 28.8 Å². The van der Waals surface area contributed by atoms with E-state index in [1.165, 1.54) is 72.8 Å². The first kappa shape index (κ1) is 77.5. The van der Waals surface area contributed by atoms with Crippen LogP contribution in [0.2, 0.25) is 0 Å². The average Bonchev–Trinajstić information content (AvgIpc) is 0.714. The molecule has 0 unspecified atom stereocenters. The van der Waals surface area contributed by atoms with Crippen LogP contribution in [0.4, 0.5) is 0 Å². The highest BCUT2D eigenvalue weighted by Crippen LogP contribution is 2.56. The zero-order valence-electron chi connectivity index (χ0n) is 58.4. The number of rotatable bonds is 30. The van der Waals surface area contributed by atoms with Gasteiger partial charge in [0.2, 0.25) is 0 Å². The molecule has 102 heavy (non-hydrogen) atoms. The quantitative estimate of drug-likeness (QED) is 0.0199. The standard InChI is InChI=1S/C78H84N6O18/c1-37(2)61(73(91)92)79-67(85)49-25-13-43(14-26-49)55-56(44-15-27-50(28-16-44)68(86)80-62(38(3)4)74(93)94)58(46-19-31-52(32-20-46)70(88)82-64(40(7)8)76(97)98)60(48-23-35-54(36-24-48)72(90)84-66(42(11)12)78(101)102)59(47-21-33-53(34-22-47)71(89)83-65(41(9)10)77(99)100)57(55)45-17-29-51(30-18-45)69(87)81-63(39(5)6)75(95)96/h13-42,61-66H,1-12H3,(H,79,85)(H,80,86)(H,81,87)(H,82,88)(H,83,89)(H,84,90)(H,91,92)(H,93,94)(H,95,96)(H,97,98)(H,99,100)(H,101,102)/t61-,62-,63-,64-,65-,66-/m0/s1. The first-order valence-electron chi connectivity index (χ1n) is 33.1. The Kier molecular flexibility index (Phi) is 25.4.